The Morgan fingerprint density at radius 3 is 2.50 bits per heavy atom. The number of benzene rings is 2. The predicted octanol–water partition coefficient (Wildman–Crippen LogP) is 3.92. The van der Waals surface area contributed by atoms with Gasteiger partial charge in [0.05, 0.1) is 10.0 Å². The summed E-state index contributed by atoms with van der Waals surface area (Å²) in [5.74, 6) is -0.535. The molecule has 0 unspecified atom stereocenters. The summed E-state index contributed by atoms with van der Waals surface area (Å²) in [6.07, 6.45) is 2.01. The Kier molecular flexibility index (Phi) is 6.80. The lowest BCUT2D eigenvalue weighted by molar-refractivity contribution is 0.100. The fraction of sp³-hybridized carbons (Fsp3) is 0.304. The van der Waals surface area contributed by atoms with Crippen molar-refractivity contribution in [2.45, 2.75) is 19.4 Å². The summed E-state index contributed by atoms with van der Waals surface area (Å²) in [4.78, 5) is 27.2. The van der Waals surface area contributed by atoms with Crippen molar-refractivity contribution in [1.29, 1.82) is 0 Å². The molecule has 1 fully saturated rings. The van der Waals surface area contributed by atoms with Crippen LogP contribution in [0.5, 0.6) is 5.75 Å². The van der Waals surface area contributed by atoms with Gasteiger partial charge in [0.15, 0.2) is 0 Å². The molecule has 1 aliphatic heterocycles. The molecule has 0 bridgehead atoms. The fourth-order valence-corrected chi connectivity index (χ4v) is 5.42. The zero-order chi connectivity index (χ0) is 22.8. The van der Waals surface area contributed by atoms with E-state index in [-0.39, 0.29) is 23.8 Å². The number of fused-ring (bicyclic) bond motifs is 1. The number of nitrogens with two attached hydrogens (primary N) is 1. The van der Waals surface area contributed by atoms with Crippen LogP contribution in [0, 0.1) is 5.92 Å². The van der Waals surface area contributed by atoms with E-state index in [2.05, 4.69) is 26.1 Å². The molecule has 2 heterocycles. The number of thiophene rings is 1. The van der Waals surface area contributed by atoms with Gasteiger partial charge in [-0.15, -0.1) is 11.3 Å². The Labute approximate surface area is 198 Å². The molecular formula is C23H24BrN3O4S. The molecule has 0 spiro atoms. The maximum Gasteiger partial charge on any atom is 0.256 e. The largest absolute Gasteiger partial charge is 0.507 e. The molecule has 4 rings (SSSR count). The number of aliphatic hydroxyl groups is 1. The maximum absolute atomic E-state index is 12.8. The summed E-state index contributed by atoms with van der Waals surface area (Å²) in [7, 11) is 0. The van der Waals surface area contributed by atoms with E-state index in [1.165, 1.54) is 17.4 Å². The Balaban J connectivity index is 1.48. The summed E-state index contributed by atoms with van der Waals surface area (Å²) < 4.78 is 1.09. The van der Waals surface area contributed by atoms with Crippen LogP contribution >= 0.6 is 27.3 Å². The minimum atomic E-state index is -0.649. The summed E-state index contributed by atoms with van der Waals surface area (Å²) in [6.45, 7) is 2.98. The lowest BCUT2D eigenvalue weighted by atomic mass is 9.97. The lowest BCUT2D eigenvalue weighted by Crippen LogP contribution is -2.34. The fourth-order valence-electron chi connectivity index (χ4n) is 3.96. The molecular weight excluding hydrogens is 494 g/mol. The van der Waals surface area contributed by atoms with Crippen molar-refractivity contribution in [3.63, 3.8) is 0 Å². The topological polar surface area (TPSA) is 116 Å². The van der Waals surface area contributed by atoms with Gasteiger partial charge >= 0.3 is 0 Å². The molecule has 1 saturated heterocycles. The minimum Gasteiger partial charge on any atom is -0.507 e. The Hall–Kier alpha value is -2.46. The highest BCUT2D eigenvalue weighted by atomic mass is 79.9. The molecule has 1 aliphatic rings. The van der Waals surface area contributed by atoms with Crippen LogP contribution in [0.15, 0.2) is 40.9 Å². The van der Waals surface area contributed by atoms with Gasteiger partial charge in [0, 0.05) is 28.8 Å². The number of aliphatic hydroxyl groups excluding tert-OH is 1. The number of carbonyl (C=O) groups is 2. The second-order valence-electron chi connectivity index (χ2n) is 8.02. The average molecular weight is 518 g/mol. The number of aromatic hydroxyl groups is 1. The Morgan fingerprint density at radius 1 is 1.19 bits per heavy atom. The molecule has 0 atom stereocenters. The highest BCUT2D eigenvalue weighted by Crippen LogP contribution is 2.40. The quantitative estimate of drug-likeness (QED) is 0.395. The van der Waals surface area contributed by atoms with Gasteiger partial charge in [-0.3, -0.25) is 14.5 Å². The van der Waals surface area contributed by atoms with E-state index in [0.717, 1.165) is 38.0 Å². The van der Waals surface area contributed by atoms with E-state index in [1.807, 2.05) is 12.1 Å². The number of hydrogen-bond acceptors (Lipinski definition) is 6. The Bertz CT molecular complexity index is 1150. The second-order valence-corrected chi connectivity index (χ2v) is 9.93. The first kappa shape index (κ1) is 22.7. The van der Waals surface area contributed by atoms with Crippen molar-refractivity contribution in [3.05, 3.63) is 57.6 Å². The number of piperidine rings is 1. The number of nitrogens with one attached hydrogen (secondary N) is 1. The Morgan fingerprint density at radius 2 is 1.88 bits per heavy atom. The van der Waals surface area contributed by atoms with Crippen molar-refractivity contribution in [2.75, 3.05) is 25.0 Å². The van der Waals surface area contributed by atoms with Crippen molar-refractivity contribution < 1.29 is 19.8 Å². The van der Waals surface area contributed by atoms with Gasteiger partial charge in [-0.25, -0.2) is 0 Å². The second kappa shape index (κ2) is 9.58. The third-order valence-electron chi connectivity index (χ3n) is 5.82. The van der Waals surface area contributed by atoms with Gasteiger partial charge in [-0.05, 0) is 77.6 Å². The monoisotopic (exact) mass is 517 g/mol. The maximum atomic E-state index is 12.8. The third-order valence-corrected chi connectivity index (χ3v) is 7.52. The van der Waals surface area contributed by atoms with Gasteiger partial charge in [0.25, 0.3) is 11.8 Å². The number of hydrogen-bond donors (Lipinski definition) is 4. The van der Waals surface area contributed by atoms with Crippen LogP contribution in [-0.2, 0) is 6.54 Å². The van der Waals surface area contributed by atoms with Crippen LogP contribution in [0.25, 0.3) is 10.1 Å². The van der Waals surface area contributed by atoms with Crippen LogP contribution in [0.3, 0.4) is 0 Å². The number of phenols is 1. The number of primary amides is 1. The lowest BCUT2D eigenvalue weighted by Gasteiger charge is -2.31. The molecule has 0 radical (unpaired) electrons. The number of carbonyl (C=O) groups excluding carboxylic acids is 2. The molecule has 168 valence electrons. The van der Waals surface area contributed by atoms with Crippen LogP contribution in [0.2, 0.25) is 0 Å². The number of nitrogens with zero attached hydrogens (tertiary/aromatic N) is 1. The van der Waals surface area contributed by atoms with Gasteiger partial charge in [0.1, 0.15) is 10.8 Å². The van der Waals surface area contributed by atoms with Crippen LogP contribution in [-0.4, -0.2) is 46.6 Å². The summed E-state index contributed by atoms with van der Waals surface area (Å²) in [6, 6.07) is 10.6. The molecule has 0 aliphatic carbocycles. The number of rotatable bonds is 6. The number of anilines is 1. The van der Waals surface area contributed by atoms with Gasteiger partial charge in [0.2, 0.25) is 0 Å². The molecule has 5 N–H and O–H groups in total. The SMILES string of the molecule is NC(=O)c1c(NC(=O)c2ccc(CN3CCC(CO)CC3)cc2)sc2cc(O)c(Br)cc12. The van der Waals surface area contributed by atoms with Crippen molar-refractivity contribution in [1.82, 2.24) is 4.90 Å². The summed E-state index contributed by atoms with van der Waals surface area (Å²) in [5.41, 5.74) is 7.39. The molecule has 0 saturated carbocycles. The van der Waals surface area contributed by atoms with E-state index in [1.54, 1.807) is 18.2 Å². The first-order valence-electron chi connectivity index (χ1n) is 10.3. The van der Waals surface area contributed by atoms with E-state index < -0.39 is 5.91 Å². The van der Waals surface area contributed by atoms with Crippen LogP contribution in [0.4, 0.5) is 5.00 Å². The smallest absolute Gasteiger partial charge is 0.256 e. The van der Waals surface area contributed by atoms with E-state index >= 15 is 0 Å². The molecule has 2 aromatic carbocycles. The molecule has 3 aromatic rings. The highest BCUT2D eigenvalue weighted by molar-refractivity contribution is 9.10. The number of amides is 2. The van der Waals surface area contributed by atoms with Crippen LogP contribution in [0.1, 0.15) is 39.1 Å². The first-order chi connectivity index (χ1) is 15.4. The standard InChI is InChI=1S/C23H24BrN3O4S/c24-17-9-16-19(10-18(17)29)32-23(20(16)21(25)30)26-22(31)15-3-1-13(2-4-15)11-27-7-5-14(12-28)6-8-27/h1-4,9-10,14,28-29H,5-8,11-12H2,(H2,25,30)(H,26,31). The number of likely N-dealkylation sites (tertiary alicyclic amines) is 1. The summed E-state index contributed by atoms with van der Waals surface area (Å²) >= 11 is 4.43. The van der Waals surface area contributed by atoms with E-state index in [9.17, 15) is 19.8 Å². The van der Waals surface area contributed by atoms with E-state index in [4.69, 9.17) is 5.73 Å². The average Bonchev–Trinajstić information content (AvgIpc) is 3.11. The van der Waals surface area contributed by atoms with Crippen molar-refractivity contribution in [3.8, 4) is 5.75 Å². The predicted molar refractivity (Wildman–Crippen MR) is 129 cm³/mol. The zero-order valence-corrected chi connectivity index (χ0v) is 19.7. The van der Waals surface area contributed by atoms with Gasteiger partial charge in [-0.1, -0.05) is 12.1 Å². The highest BCUT2D eigenvalue weighted by Gasteiger charge is 2.21. The number of halogens is 1. The molecule has 32 heavy (non-hydrogen) atoms. The van der Waals surface area contributed by atoms with Crippen molar-refractivity contribution in [2.24, 2.45) is 11.7 Å². The first-order valence-corrected chi connectivity index (χ1v) is 11.9. The van der Waals surface area contributed by atoms with Crippen LogP contribution < -0.4 is 11.1 Å². The molecule has 9 heteroatoms. The number of phenolic OH excluding ortho intramolecular Hbond substituents is 1. The zero-order valence-electron chi connectivity index (χ0n) is 17.3. The summed E-state index contributed by atoms with van der Waals surface area (Å²) in [5, 5.41) is 22.9. The minimum absolute atomic E-state index is 0.0452. The molecule has 2 amide bonds. The van der Waals surface area contributed by atoms with Gasteiger partial charge < -0.3 is 21.3 Å². The van der Waals surface area contributed by atoms with E-state index in [0.29, 0.717) is 31.0 Å². The van der Waals surface area contributed by atoms with Gasteiger partial charge in [-0.2, -0.15) is 0 Å². The third kappa shape index (κ3) is 4.80. The molecule has 7 nitrogen and oxygen atoms in total. The molecule has 1 aromatic heterocycles. The van der Waals surface area contributed by atoms with Crippen molar-refractivity contribution >= 4 is 54.2 Å². The normalized spacial score (nSPS) is 15.2.